The van der Waals surface area contributed by atoms with E-state index < -0.39 is 17.6 Å². The van der Waals surface area contributed by atoms with Crippen LogP contribution in [0.3, 0.4) is 0 Å². The summed E-state index contributed by atoms with van der Waals surface area (Å²) in [6, 6.07) is 7.20. The highest BCUT2D eigenvalue weighted by Gasteiger charge is 2.34. The molecular weight excluding hydrogens is 441 g/mol. The minimum absolute atomic E-state index is 0.311. The zero-order valence-electron chi connectivity index (χ0n) is 17.9. The van der Waals surface area contributed by atoms with Crippen molar-refractivity contribution in [2.75, 3.05) is 56.8 Å². The number of benzene rings is 2. The van der Waals surface area contributed by atoms with Crippen LogP contribution >= 0.6 is 0 Å². The minimum atomic E-state index is -4.63. The summed E-state index contributed by atoms with van der Waals surface area (Å²) < 4.78 is 62.7. The van der Waals surface area contributed by atoms with Gasteiger partial charge >= 0.3 is 6.18 Å². The molecule has 1 amide bonds. The fraction of sp³-hybridized carbons (Fsp3) is 0.348. The number of alkyl halides is 3. The summed E-state index contributed by atoms with van der Waals surface area (Å²) in [4.78, 5) is 14.2. The Morgan fingerprint density at radius 1 is 1.09 bits per heavy atom. The number of amides is 1. The molecule has 176 valence electrons. The Balaban J connectivity index is 1.52. The van der Waals surface area contributed by atoms with Crippen molar-refractivity contribution >= 4 is 23.4 Å². The number of methoxy groups -OCH3 is 1. The van der Waals surface area contributed by atoms with Crippen molar-refractivity contribution in [3.63, 3.8) is 0 Å². The molecule has 0 atom stereocenters. The van der Waals surface area contributed by atoms with Gasteiger partial charge in [0.05, 0.1) is 31.6 Å². The number of rotatable bonds is 5. The SMILES string of the molecule is COc1cc(C=CC(=O)Nc2ccc(N3CCOCC3)cc2C(F)(F)F)cc2c1OCCO2. The summed E-state index contributed by atoms with van der Waals surface area (Å²) in [7, 11) is 1.48. The Bertz CT molecular complexity index is 1030. The number of morpholine rings is 1. The molecule has 1 fully saturated rings. The molecule has 2 aliphatic rings. The van der Waals surface area contributed by atoms with Crippen LogP contribution in [-0.2, 0) is 15.7 Å². The van der Waals surface area contributed by atoms with Crippen molar-refractivity contribution in [1.82, 2.24) is 0 Å². The second-order valence-electron chi connectivity index (χ2n) is 7.40. The first-order valence-electron chi connectivity index (χ1n) is 10.4. The van der Waals surface area contributed by atoms with Gasteiger partial charge in [-0.3, -0.25) is 4.79 Å². The second kappa shape index (κ2) is 9.62. The van der Waals surface area contributed by atoms with E-state index in [2.05, 4.69) is 5.32 Å². The molecule has 2 aliphatic heterocycles. The lowest BCUT2D eigenvalue weighted by Crippen LogP contribution is -2.36. The van der Waals surface area contributed by atoms with Crippen LogP contribution in [-0.4, -0.2) is 52.5 Å². The van der Waals surface area contributed by atoms with Gasteiger partial charge in [-0.2, -0.15) is 13.2 Å². The van der Waals surface area contributed by atoms with Gasteiger partial charge in [0.15, 0.2) is 11.5 Å². The number of nitrogens with zero attached hydrogens (tertiary/aromatic N) is 1. The fourth-order valence-electron chi connectivity index (χ4n) is 3.63. The molecule has 0 bridgehead atoms. The molecule has 1 saturated heterocycles. The molecule has 2 aromatic rings. The van der Waals surface area contributed by atoms with Gasteiger partial charge in [0.2, 0.25) is 11.7 Å². The molecule has 1 N–H and O–H groups in total. The van der Waals surface area contributed by atoms with Gasteiger partial charge in [0.1, 0.15) is 13.2 Å². The third kappa shape index (κ3) is 5.33. The van der Waals surface area contributed by atoms with E-state index in [0.717, 1.165) is 12.1 Å². The topological polar surface area (TPSA) is 69.3 Å². The Hall–Kier alpha value is -3.40. The van der Waals surface area contributed by atoms with Crippen LogP contribution in [0.15, 0.2) is 36.4 Å². The fourth-order valence-corrected chi connectivity index (χ4v) is 3.63. The lowest BCUT2D eigenvalue weighted by atomic mass is 10.1. The van der Waals surface area contributed by atoms with Crippen molar-refractivity contribution in [1.29, 1.82) is 0 Å². The van der Waals surface area contributed by atoms with Crippen LogP contribution in [0.2, 0.25) is 0 Å². The summed E-state index contributed by atoms with van der Waals surface area (Å²) in [5, 5.41) is 2.33. The first kappa shape index (κ1) is 22.8. The third-order valence-electron chi connectivity index (χ3n) is 5.22. The van der Waals surface area contributed by atoms with E-state index in [0.29, 0.717) is 68.0 Å². The van der Waals surface area contributed by atoms with Crippen molar-refractivity contribution < 1.29 is 36.9 Å². The van der Waals surface area contributed by atoms with Crippen molar-refractivity contribution in [2.24, 2.45) is 0 Å². The predicted octanol–water partition coefficient (Wildman–Crippen LogP) is 3.97. The number of hydrogen-bond donors (Lipinski definition) is 1. The number of carbonyl (C=O) groups excluding carboxylic acids is 1. The molecule has 0 aliphatic carbocycles. The number of hydrogen-bond acceptors (Lipinski definition) is 6. The molecule has 0 spiro atoms. The van der Waals surface area contributed by atoms with Crippen LogP contribution < -0.4 is 24.4 Å². The third-order valence-corrected chi connectivity index (χ3v) is 5.22. The summed E-state index contributed by atoms with van der Waals surface area (Å²) in [5.74, 6) is 0.679. The van der Waals surface area contributed by atoms with Crippen LogP contribution in [0.1, 0.15) is 11.1 Å². The quantitative estimate of drug-likeness (QED) is 0.676. The molecule has 0 unspecified atom stereocenters. The highest BCUT2D eigenvalue weighted by molar-refractivity contribution is 6.02. The number of nitrogens with one attached hydrogen (secondary N) is 1. The Labute approximate surface area is 188 Å². The lowest BCUT2D eigenvalue weighted by molar-refractivity contribution is -0.136. The molecule has 33 heavy (non-hydrogen) atoms. The van der Waals surface area contributed by atoms with Crippen LogP contribution in [0.25, 0.3) is 6.08 Å². The summed E-state index contributed by atoms with van der Waals surface area (Å²) in [6.07, 6.45) is -2.01. The van der Waals surface area contributed by atoms with Gasteiger partial charge < -0.3 is 29.2 Å². The smallest absolute Gasteiger partial charge is 0.418 e. The summed E-state index contributed by atoms with van der Waals surface area (Å²) >= 11 is 0. The van der Waals surface area contributed by atoms with E-state index >= 15 is 0 Å². The van der Waals surface area contributed by atoms with E-state index in [1.54, 1.807) is 18.2 Å². The molecule has 0 aromatic heterocycles. The van der Waals surface area contributed by atoms with Crippen molar-refractivity contribution in [2.45, 2.75) is 6.18 Å². The van der Waals surface area contributed by atoms with Gasteiger partial charge in [0.25, 0.3) is 0 Å². The van der Waals surface area contributed by atoms with E-state index in [4.69, 9.17) is 18.9 Å². The lowest BCUT2D eigenvalue weighted by Gasteiger charge is -2.29. The van der Waals surface area contributed by atoms with Gasteiger partial charge in [-0.1, -0.05) is 0 Å². The van der Waals surface area contributed by atoms with E-state index in [9.17, 15) is 18.0 Å². The predicted molar refractivity (Wildman–Crippen MR) is 116 cm³/mol. The first-order valence-corrected chi connectivity index (χ1v) is 10.4. The van der Waals surface area contributed by atoms with Crippen LogP contribution in [0.5, 0.6) is 17.2 Å². The zero-order valence-corrected chi connectivity index (χ0v) is 17.9. The van der Waals surface area contributed by atoms with E-state index in [1.165, 1.54) is 19.3 Å². The van der Waals surface area contributed by atoms with Crippen molar-refractivity contribution in [3.8, 4) is 17.2 Å². The second-order valence-corrected chi connectivity index (χ2v) is 7.40. The highest BCUT2D eigenvalue weighted by Crippen LogP contribution is 2.41. The monoisotopic (exact) mass is 464 g/mol. The maximum Gasteiger partial charge on any atom is 0.418 e. The summed E-state index contributed by atoms with van der Waals surface area (Å²) in [6.45, 7) is 2.69. The van der Waals surface area contributed by atoms with Crippen LogP contribution in [0.4, 0.5) is 24.5 Å². The van der Waals surface area contributed by atoms with Crippen LogP contribution in [0, 0.1) is 0 Å². The maximum atomic E-state index is 13.7. The largest absolute Gasteiger partial charge is 0.493 e. The van der Waals surface area contributed by atoms with E-state index in [1.807, 2.05) is 4.90 Å². The normalized spacial score (nSPS) is 16.1. The highest BCUT2D eigenvalue weighted by atomic mass is 19.4. The zero-order chi connectivity index (χ0) is 23.4. The average molecular weight is 464 g/mol. The average Bonchev–Trinajstić information content (AvgIpc) is 2.82. The Morgan fingerprint density at radius 3 is 2.58 bits per heavy atom. The number of carbonyl (C=O) groups is 1. The van der Waals surface area contributed by atoms with Gasteiger partial charge in [-0.25, -0.2) is 0 Å². The Morgan fingerprint density at radius 2 is 1.85 bits per heavy atom. The number of fused-ring (bicyclic) bond motifs is 1. The standard InChI is InChI=1S/C23H23F3N2O5/c1-30-19-12-15(13-20-22(19)33-11-10-32-20)2-5-21(29)27-18-4-3-16(14-17(18)23(24,25)26)28-6-8-31-9-7-28/h2-5,12-14H,6-11H2,1H3,(H,27,29). The Kier molecular flexibility index (Phi) is 6.64. The molecule has 0 radical (unpaired) electrons. The molecule has 0 saturated carbocycles. The maximum absolute atomic E-state index is 13.7. The minimum Gasteiger partial charge on any atom is -0.493 e. The molecule has 4 rings (SSSR count). The van der Waals surface area contributed by atoms with Gasteiger partial charge in [0, 0.05) is 24.9 Å². The molecule has 2 heterocycles. The molecule has 10 heteroatoms. The summed E-state index contributed by atoms with van der Waals surface area (Å²) in [5.41, 5.74) is -0.212. The van der Waals surface area contributed by atoms with Crippen molar-refractivity contribution in [3.05, 3.63) is 47.5 Å². The van der Waals surface area contributed by atoms with E-state index in [-0.39, 0.29) is 5.69 Å². The molecule has 7 nitrogen and oxygen atoms in total. The van der Waals surface area contributed by atoms with Gasteiger partial charge in [-0.05, 0) is 42.0 Å². The number of ether oxygens (including phenoxy) is 4. The van der Waals surface area contributed by atoms with Gasteiger partial charge in [-0.15, -0.1) is 0 Å². The molecule has 2 aromatic carbocycles. The number of anilines is 2. The number of halogens is 3. The first-order chi connectivity index (χ1) is 15.8. The molecular formula is C23H23F3N2O5.